The Labute approximate surface area is 121 Å². The van der Waals surface area contributed by atoms with Crippen LogP contribution in [0.3, 0.4) is 0 Å². The lowest BCUT2D eigenvalue weighted by molar-refractivity contribution is 0.0526. The minimum atomic E-state index is -0.464. The first-order chi connectivity index (χ1) is 9.17. The van der Waals surface area contributed by atoms with Gasteiger partial charge in [-0.15, -0.1) is 0 Å². The Morgan fingerprint density at radius 3 is 2.50 bits per heavy atom. The van der Waals surface area contributed by atoms with Gasteiger partial charge in [0.15, 0.2) is 0 Å². The van der Waals surface area contributed by atoms with Crippen LogP contribution in [0.1, 0.15) is 38.8 Å². The van der Waals surface area contributed by atoms with Crippen molar-refractivity contribution in [2.75, 3.05) is 11.9 Å². The highest BCUT2D eigenvalue weighted by Gasteiger charge is 2.16. The molecule has 0 fully saturated rings. The summed E-state index contributed by atoms with van der Waals surface area (Å²) >= 11 is 0. The second-order valence-corrected chi connectivity index (χ2v) is 6.25. The van der Waals surface area contributed by atoms with Gasteiger partial charge in [-0.2, -0.15) is 0 Å². The van der Waals surface area contributed by atoms with Gasteiger partial charge in [-0.05, 0) is 53.2 Å². The van der Waals surface area contributed by atoms with Crippen molar-refractivity contribution in [3.8, 4) is 0 Å². The van der Waals surface area contributed by atoms with Crippen LogP contribution in [0.4, 0.5) is 10.5 Å². The van der Waals surface area contributed by atoms with Crippen molar-refractivity contribution < 1.29 is 9.53 Å². The van der Waals surface area contributed by atoms with E-state index in [4.69, 9.17) is 4.74 Å². The minimum absolute atomic E-state index is 0.129. The number of carbonyl (C=O) groups excluding carboxylic acids is 1. The van der Waals surface area contributed by atoms with Crippen molar-refractivity contribution in [2.45, 2.75) is 53.2 Å². The predicted molar refractivity (Wildman–Crippen MR) is 83.2 cm³/mol. The summed E-state index contributed by atoms with van der Waals surface area (Å²) in [5, 5.41) is 6.15. The summed E-state index contributed by atoms with van der Waals surface area (Å²) in [7, 11) is 0. The lowest BCUT2D eigenvalue weighted by Crippen LogP contribution is -2.38. The summed E-state index contributed by atoms with van der Waals surface area (Å²) in [6.07, 6.45) is -0.383. The van der Waals surface area contributed by atoms with Crippen molar-refractivity contribution in [1.29, 1.82) is 0 Å². The van der Waals surface area contributed by atoms with Gasteiger partial charge in [-0.3, -0.25) is 0 Å². The molecule has 20 heavy (non-hydrogen) atoms. The van der Waals surface area contributed by atoms with Gasteiger partial charge in [0.2, 0.25) is 0 Å². The molecule has 0 bridgehead atoms. The van der Waals surface area contributed by atoms with Gasteiger partial charge in [0.1, 0.15) is 5.60 Å². The fourth-order valence-electron chi connectivity index (χ4n) is 1.84. The number of aryl methyl sites for hydroxylation is 2. The van der Waals surface area contributed by atoms with Crippen LogP contribution in [-0.2, 0) is 4.74 Å². The molecule has 1 rings (SSSR count). The number of nitrogens with one attached hydrogen (secondary N) is 2. The normalized spacial score (nSPS) is 12.7. The molecule has 0 spiro atoms. The number of alkyl carbamates (subject to hydrolysis) is 1. The lowest BCUT2D eigenvalue weighted by Gasteiger charge is -2.22. The van der Waals surface area contributed by atoms with E-state index in [0.717, 1.165) is 5.69 Å². The van der Waals surface area contributed by atoms with Crippen LogP contribution in [0.2, 0.25) is 0 Å². The van der Waals surface area contributed by atoms with Crippen LogP contribution in [0.5, 0.6) is 0 Å². The molecule has 0 aliphatic carbocycles. The first-order valence-electron chi connectivity index (χ1n) is 6.98. The Morgan fingerprint density at radius 2 is 1.95 bits per heavy atom. The molecule has 0 saturated heterocycles. The Balaban J connectivity index is 2.44. The smallest absolute Gasteiger partial charge is 0.407 e. The van der Waals surface area contributed by atoms with Gasteiger partial charge < -0.3 is 15.4 Å². The fourth-order valence-corrected chi connectivity index (χ4v) is 1.84. The average molecular weight is 278 g/mol. The zero-order valence-corrected chi connectivity index (χ0v) is 13.3. The third kappa shape index (κ3) is 5.95. The summed E-state index contributed by atoms with van der Waals surface area (Å²) in [5.74, 6) is 0. The van der Waals surface area contributed by atoms with E-state index in [-0.39, 0.29) is 12.1 Å². The molecule has 2 N–H and O–H groups in total. The highest BCUT2D eigenvalue weighted by atomic mass is 16.6. The first kappa shape index (κ1) is 16.3. The Kier molecular flexibility index (Phi) is 5.43. The number of benzene rings is 1. The van der Waals surface area contributed by atoms with Crippen molar-refractivity contribution in [1.82, 2.24) is 5.32 Å². The summed E-state index contributed by atoms with van der Waals surface area (Å²) in [6, 6.07) is 6.40. The molecule has 4 nitrogen and oxygen atoms in total. The molecular weight excluding hydrogens is 252 g/mol. The van der Waals surface area contributed by atoms with E-state index in [1.54, 1.807) is 0 Å². The molecule has 0 aromatic heterocycles. The van der Waals surface area contributed by atoms with Crippen molar-refractivity contribution in [2.24, 2.45) is 0 Å². The molecule has 0 heterocycles. The van der Waals surface area contributed by atoms with Gasteiger partial charge >= 0.3 is 6.09 Å². The number of anilines is 1. The summed E-state index contributed by atoms with van der Waals surface area (Å²) in [6.45, 7) is 12.2. The second-order valence-electron chi connectivity index (χ2n) is 6.25. The van der Waals surface area contributed by atoms with Crippen molar-refractivity contribution in [3.05, 3.63) is 29.3 Å². The van der Waals surface area contributed by atoms with E-state index in [9.17, 15) is 4.79 Å². The third-order valence-corrected chi connectivity index (χ3v) is 2.74. The summed E-state index contributed by atoms with van der Waals surface area (Å²) < 4.78 is 5.20. The molecule has 0 aliphatic heterocycles. The zero-order valence-electron chi connectivity index (χ0n) is 13.3. The summed E-state index contributed by atoms with van der Waals surface area (Å²) in [5.41, 5.74) is 3.07. The molecule has 1 aromatic carbocycles. The molecule has 0 aliphatic rings. The number of ether oxygens (including phenoxy) is 1. The van der Waals surface area contributed by atoms with Crippen LogP contribution in [-0.4, -0.2) is 24.3 Å². The highest BCUT2D eigenvalue weighted by molar-refractivity contribution is 5.67. The molecule has 0 radical (unpaired) electrons. The van der Waals surface area contributed by atoms with Crippen molar-refractivity contribution in [3.63, 3.8) is 0 Å². The maximum absolute atomic E-state index is 11.6. The third-order valence-electron chi connectivity index (χ3n) is 2.74. The van der Waals surface area contributed by atoms with Gasteiger partial charge in [-0.25, -0.2) is 4.79 Å². The SMILES string of the molecule is Cc1ccc(NC(C)CNC(=O)OC(C)(C)C)c(C)c1. The number of hydrogen-bond donors (Lipinski definition) is 2. The van der Waals surface area contributed by atoms with Gasteiger partial charge in [0.25, 0.3) is 0 Å². The Morgan fingerprint density at radius 1 is 1.30 bits per heavy atom. The Bertz CT molecular complexity index is 464. The van der Waals surface area contributed by atoms with E-state index in [1.165, 1.54) is 11.1 Å². The van der Waals surface area contributed by atoms with E-state index in [0.29, 0.717) is 6.54 Å². The molecular formula is C16H26N2O2. The minimum Gasteiger partial charge on any atom is -0.444 e. The zero-order chi connectivity index (χ0) is 15.3. The van der Waals surface area contributed by atoms with E-state index < -0.39 is 5.60 Å². The van der Waals surface area contributed by atoms with Gasteiger partial charge in [0.05, 0.1) is 0 Å². The predicted octanol–water partition coefficient (Wildman–Crippen LogP) is 3.63. The van der Waals surface area contributed by atoms with Crippen LogP contribution in [0.25, 0.3) is 0 Å². The number of hydrogen-bond acceptors (Lipinski definition) is 3. The first-order valence-corrected chi connectivity index (χ1v) is 6.98. The van der Waals surface area contributed by atoms with Crippen LogP contribution >= 0.6 is 0 Å². The lowest BCUT2D eigenvalue weighted by atomic mass is 10.1. The fraction of sp³-hybridized carbons (Fsp3) is 0.562. The maximum atomic E-state index is 11.6. The molecule has 1 unspecified atom stereocenters. The number of carbonyl (C=O) groups is 1. The topological polar surface area (TPSA) is 50.4 Å². The molecule has 1 atom stereocenters. The van der Waals surface area contributed by atoms with Gasteiger partial charge in [0, 0.05) is 18.3 Å². The van der Waals surface area contributed by atoms with Crippen LogP contribution in [0.15, 0.2) is 18.2 Å². The number of amides is 1. The van der Waals surface area contributed by atoms with Crippen LogP contribution < -0.4 is 10.6 Å². The molecule has 0 saturated carbocycles. The second kappa shape index (κ2) is 6.64. The molecule has 1 aromatic rings. The monoisotopic (exact) mass is 278 g/mol. The molecule has 4 heteroatoms. The van der Waals surface area contributed by atoms with E-state index >= 15 is 0 Å². The quantitative estimate of drug-likeness (QED) is 0.884. The van der Waals surface area contributed by atoms with Gasteiger partial charge in [-0.1, -0.05) is 17.7 Å². The summed E-state index contributed by atoms with van der Waals surface area (Å²) in [4.78, 5) is 11.6. The standard InChI is InChI=1S/C16H26N2O2/c1-11-7-8-14(12(2)9-11)18-13(3)10-17-15(19)20-16(4,5)6/h7-9,13,18H,10H2,1-6H3,(H,17,19). The van der Waals surface area contributed by atoms with E-state index in [1.807, 2.05) is 27.7 Å². The molecule has 1 amide bonds. The largest absolute Gasteiger partial charge is 0.444 e. The maximum Gasteiger partial charge on any atom is 0.407 e. The Hall–Kier alpha value is -1.71. The average Bonchev–Trinajstić information content (AvgIpc) is 2.28. The van der Waals surface area contributed by atoms with Crippen molar-refractivity contribution >= 4 is 11.8 Å². The highest BCUT2D eigenvalue weighted by Crippen LogP contribution is 2.16. The number of rotatable bonds is 4. The van der Waals surface area contributed by atoms with Crippen LogP contribution in [0, 0.1) is 13.8 Å². The van der Waals surface area contributed by atoms with E-state index in [2.05, 4.69) is 42.7 Å². The molecule has 112 valence electrons.